The SMILES string of the molecule is Cc1cccc(C(=O)N(CCC(N)=O)c2c(C)cc(C(F)(C(F)(F)F)C(F)(F)F)cc2C)c1. The normalized spacial score (nSPS) is 12.5. The van der Waals surface area contributed by atoms with Crippen molar-refractivity contribution in [3.8, 4) is 0 Å². The first-order valence-electron chi connectivity index (χ1n) is 9.61. The van der Waals surface area contributed by atoms with Gasteiger partial charge < -0.3 is 10.6 Å². The van der Waals surface area contributed by atoms with E-state index in [0.29, 0.717) is 12.1 Å². The number of nitrogens with two attached hydrogens (primary N) is 1. The van der Waals surface area contributed by atoms with Crippen molar-refractivity contribution < 1.29 is 40.3 Å². The van der Waals surface area contributed by atoms with Crippen LogP contribution in [0, 0.1) is 20.8 Å². The van der Waals surface area contributed by atoms with Gasteiger partial charge in [0.25, 0.3) is 5.91 Å². The number of hydrogen-bond donors (Lipinski definition) is 1. The molecule has 0 saturated carbocycles. The molecule has 11 heteroatoms. The molecule has 0 bridgehead atoms. The number of alkyl halides is 7. The lowest BCUT2D eigenvalue weighted by Crippen LogP contribution is -2.50. The van der Waals surface area contributed by atoms with Crippen molar-refractivity contribution in [2.75, 3.05) is 11.4 Å². The fourth-order valence-corrected chi connectivity index (χ4v) is 3.54. The van der Waals surface area contributed by atoms with Gasteiger partial charge in [0.15, 0.2) is 0 Å². The molecule has 0 aromatic heterocycles. The van der Waals surface area contributed by atoms with Gasteiger partial charge in [-0.25, -0.2) is 4.39 Å². The predicted molar refractivity (Wildman–Crippen MR) is 107 cm³/mol. The number of carbonyl (C=O) groups is 2. The van der Waals surface area contributed by atoms with Crippen molar-refractivity contribution >= 4 is 17.5 Å². The molecule has 0 saturated heterocycles. The first-order valence-corrected chi connectivity index (χ1v) is 9.61. The van der Waals surface area contributed by atoms with Gasteiger partial charge >= 0.3 is 18.0 Å². The Labute approximate surface area is 185 Å². The molecular formula is C22H21F7N2O2. The molecule has 2 aromatic rings. The Kier molecular flexibility index (Phi) is 7.15. The fraction of sp³-hybridized carbons (Fsp3) is 0.364. The molecule has 0 fully saturated rings. The monoisotopic (exact) mass is 478 g/mol. The molecule has 0 unspecified atom stereocenters. The minimum absolute atomic E-state index is 0.0433. The van der Waals surface area contributed by atoms with Gasteiger partial charge in [0.1, 0.15) is 0 Å². The van der Waals surface area contributed by atoms with Gasteiger partial charge in [0, 0.05) is 29.8 Å². The third-order valence-corrected chi connectivity index (χ3v) is 5.03. The number of benzene rings is 2. The van der Waals surface area contributed by atoms with E-state index in [4.69, 9.17) is 5.73 Å². The van der Waals surface area contributed by atoms with Crippen LogP contribution in [-0.4, -0.2) is 30.7 Å². The van der Waals surface area contributed by atoms with Crippen molar-refractivity contribution in [3.05, 3.63) is 64.2 Å². The molecule has 4 nitrogen and oxygen atoms in total. The average molecular weight is 478 g/mol. The van der Waals surface area contributed by atoms with Crippen LogP contribution in [0.3, 0.4) is 0 Å². The summed E-state index contributed by atoms with van der Waals surface area (Å²) in [7, 11) is 0. The molecule has 2 rings (SSSR count). The summed E-state index contributed by atoms with van der Waals surface area (Å²) in [4.78, 5) is 25.5. The summed E-state index contributed by atoms with van der Waals surface area (Å²) >= 11 is 0. The molecule has 180 valence electrons. The van der Waals surface area contributed by atoms with E-state index in [-0.39, 0.29) is 35.3 Å². The molecule has 0 heterocycles. The van der Waals surface area contributed by atoms with Crippen LogP contribution in [0.2, 0.25) is 0 Å². The van der Waals surface area contributed by atoms with Crippen LogP contribution >= 0.6 is 0 Å². The second kappa shape index (κ2) is 9.03. The van der Waals surface area contributed by atoms with Crippen LogP contribution in [0.5, 0.6) is 0 Å². The average Bonchev–Trinajstić information content (AvgIpc) is 2.66. The Morgan fingerprint density at radius 1 is 0.879 bits per heavy atom. The summed E-state index contributed by atoms with van der Waals surface area (Å²) < 4.78 is 93.7. The molecule has 0 aliphatic rings. The minimum Gasteiger partial charge on any atom is -0.370 e. The zero-order valence-corrected chi connectivity index (χ0v) is 17.9. The Bertz CT molecular complexity index is 1020. The van der Waals surface area contributed by atoms with E-state index in [1.165, 1.54) is 12.1 Å². The maximum Gasteiger partial charge on any atom is 0.435 e. The van der Waals surface area contributed by atoms with Gasteiger partial charge in [0.2, 0.25) is 5.91 Å². The van der Waals surface area contributed by atoms with Gasteiger partial charge in [-0.05, 0) is 44.0 Å². The minimum atomic E-state index is -6.27. The predicted octanol–water partition coefficient (Wildman–Crippen LogP) is 5.42. The molecular weight excluding hydrogens is 457 g/mol. The Morgan fingerprint density at radius 2 is 1.39 bits per heavy atom. The van der Waals surface area contributed by atoms with E-state index in [9.17, 15) is 40.3 Å². The van der Waals surface area contributed by atoms with E-state index >= 15 is 0 Å². The van der Waals surface area contributed by atoms with E-state index < -0.39 is 35.4 Å². The van der Waals surface area contributed by atoms with Crippen LogP contribution < -0.4 is 10.6 Å². The summed E-state index contributed by atoms with van der Waals surface area (Å²) in [5.74, 6) is -1.43. The molecule has 0 spiro atoms. The number of nitrogens with zero attached hydrogens (tertiary/aromatic N) is 1. The van der Waals surface area contributed by atoms with Crippen molar-refractivity contribution in [1.29, 1.82) is 0 Å². The van der Waals surface area contributed by atoms with Gasteiger partial charge in [0.05, 0.1) is 0 Å². The third kappa shape index (κ3) is 5.12. The van der Waals surface area contributed by atoms with Crippen LogP contribution in [0.1, 0.15) is 39.0 Å². The third-order valence-electron chi connectivity index (χ3n) is 5.03. The highest BCUT2D eigenvalue weighted by atomic mass is 19.4. The topological polar surface area (TPSA) is 63.4 Å². The highest BCUT2D eigenvalue weighted by Gasteiger charge is 2.73. The molecule has 2 N–H and O–H groups in total. The summed E-state index contributed by atoms with van der Waals surface area (Å²) in [5, 5.41) is 0. The van der Waals surface area contributed by atoms with E-state index in [0.717, 1.165) is 24.3 Å². The molecule has 0 atom stereocenters. The number of rotatable bonds is 6. The lowest BCUT2D eigenvalue weighted by molar-refractivity contribution is -0.348. The largest absolute Gasteiger partial charge is 0.435 e. The second-order valence-electron chi connectivity index (χ2n) is 7.66. The molecule has 0 aliphatic carbocycles. The number of carbonyl (C=O) groups excluding carboxylic acids is 2. The maximum absolute atomic E-state index is 14.6. The van der Waals surface area contributed by atoms with Crippen LogP contribution in [0.15, 0.2) is 36.4 Å². The van der Waals surface area contributed by atoms with E-state index in [1.807, 2.05) is 0 Å². The van der Waals surface area contributed by atoms with Crippen molar-refractivity contribution in [3.63, 3.8) is 0 Å². The van der Waals surface area contributed by atoms with Crippen molar-refractivity contribution in [2.24, 2.45) is 5.73 Å². The molecule has 2 amide bonds. The van der Waals surface area contributed by atoms with Gasteiger partial charge in [-0.2, -0.15) is 26.3 Å². The van der Waals surface area contributed by atoms with E-state index in [2.05, 4.69) is 0 Å². The maximum atomic E-state index is 14.6. The molecule has 0 radical (unpaired) electrons. The molecule has 0 aliphatic heterocycles. The summed E-state index contributed by atoms with van der Waals surface area (Å²) in [5.41, 5.74) is -1.68. The van der Waals surface area contributed by atoms with Crippen molar-refractivity contribution in [2.45, 2.75) is 45.2 Å². The number of primary amides is 1. The Morgan fingerprint density at radius 3 is 1.82 bits per heavy atom. The first-order chi connectivity index (χ1) is 15.0. The second-order valence-corrected chi connectivity index (χ2v) is 7.66. The number of amides is 2. The van der Waals surface area contributed by atoms with E-state index in [1.54, 1.807) is 19.1 Å². The standard InChI is InChI=1S/C22H21F7N2O2/c1-12-5-4-6-15(9-12)19(33)31(8-7-17(30)32)18-13(2)10-16(11-14(18)3)20(23,21(24,25)26)22(27,28)29/h4-6,9-11H,7-8H2,1-3H3,(H2,30,32). The quantitative estimate of drug-likeness (QED) is 0.564. The van der Waals surface area contributed by atoms with Gasteiger partial charge in [-0.15, -0.1) is 0 Å². The molecule has 2 aromatic carbocycles. The van der Waals surface area contributed by atoms with Gasteiger partial charge in [-0.1, -0.05) is 29.8 Å². The Hall–Kier alpha value is -3.11. The lowest BCUT2D eigenvalue weighted by Gasteiger charge is -2.32. The van der Waals surface area contributed by atoms with Gasteiger partial charge in [-0.3, -0.25) is 9.59 Å². The number of hydrogen-bond acceptors (Lipinski definition) is 2. The zero-order chi connectivity index (χ0) is 25.4. The smallest absolute Gasteiger partial charge is 0.370 e. The molecule has 33 heavy (non-hydrogen) atoms. The van der Waals surface area contributed by atoms with Crippen LogP contribution in [-0.2, 0) is 10.5 Å². The zero-order valence-electron chi connectivity index (χ0n) is 17.9. The Balaban J connectivity index is 2.68. The highest BCUT2D eigenvalue weighted by Crippen LogP contribution is 2.54. The van der Waals surface area contributed by atoms with Crippen molar-refractivity contribution in [1.82, 2.24) is 0 Å². The summed E-state index contributed by atoms with van der Waals surface area (Å²) in [6.07, 6.45) is -12.9. The lowest BCUT2D eigenvalue weighted by atomic mass is 9.90. The van der Waals surface area contributed by atoms with Crippen LogP contribution in [0.4, 0.5) is 36.4 Å². The number of aryl methyl sites for hydroxylation is 3. The highest BCUT2D eigenvalue weighted by molar-refractivity contribution is 6.07. The summed E-state index contributed by atoms with van der Waals surface area (Å²) in [6.45, 7) is 3.73. The van der Waals surface area contributed by atoms with Crippen LogP contribution in [0.25, 0.3) is 0 Å². The summed E-state index contributed by atoms with van der Waals surface area (Å²) in [6, 6.07) is 7.10. The first kappa shape index (κ1) is 26.1. The fourth-order valence-electron chi connectivity index (χ4n) is 3.54. The number of halogens is 7. The number of anilines is 1.